The molecule has 1 atom stereocenters. The van der Waals surface area contributed by atoms with E-state index in [1.165, 1.54) is 19.4 Å². The quantitative estimate of drug-likeness (QED) is 0.816. The van der Waals surface area contributed by atoms with Gasteiger partial charge in [-0.1, -0.05) is 42.5 Å². The Hall–Kier alpha value is -2.86. The third kappa shape index (κ3) is 5.08. The number of methoxy groups -OCH3 is 1. The second kappa shape index (κ2) is 9.19. The predicted molar refractivity (Wildman–Crippen MR) is 104 cm³/mol. The zero-order valence-electron chi connectivity index (χ0n) is 15.4. The molecule has 1 aromatic heterocycles. The van der Waals surface area contributed by atoms with E-state index in [1.54, 1.807) is 4.90 Å². The lowest BCUT2D eigenvalue weighted by Crippen LogP contribution is -2.38. The lowest BCUT2D eigenvalue weighted by molar-refractivity contribution is 0.0549. The highest BCUT2D eigenvalue weighted by atomic mass is 16.5. The number of rotatable bonds is 7. The first-order chi connectivity index (χ1) is 13.2. The van der Waals surface area contributed by atoms with Crippen molar-refractivity contribution < 1.29 is 14.3 Å². The van der Waals surface area contributed by atoms with Crippen LogP contribution in [0.3, 0.4) is 0 Å². The van der Waals surface area contributed by atoms with E-state index >= 15 is 0 Å². The molecule has 1 aliphatic rings. The van der Waals surface area contributed by atoms with Crippen LogP contribution >= 0.6 is 0 Å². The van der Waals surface area contributed by atoms with Gasteiger partial charge in [-0.2, -0.15) is 0 Å². The minimum atomic E-state index is -0.323. The lowest BCUT2D eigenvalue weighted by atomic mass is 10.2. The minimum absolute atomic E-state index is 0.0315. The summed E-state index contributed by atoms with van der Waals surface area (Å²) >= 11 is 0. The maximum atomic E-state index is 13.0. The molecule has 6 heteroatoms. The average Bonchev–Trinajstić information content (AvgIpc) is 3.20. The molecule has 1 unspecified atom stereocenters. The van der Waals surface area contributed by atoms with E-state index in [4.69, 9.17) is 9.47 Å². The van der Waals surface area contributed by atoms with E-state index in [1.807, 2.05) is 42.5 Å². The van der Waals surface area contributed by atoms with Gasteiger partial charge in [0.15, 0.2) is 5.75 Å². The maximum absolute atomic E-state index is 13.0. The van der Waals surface area contributed by atoms with Crippen molar-refractivity contribution in [2.24, 2.45) is 0 Å². The molecular weight excluding hydrogens is 344 g/mol. The fourth-order valence-electron chi connectivity index (χ4n) is 3.07. The van der Waals surface area contributed by atoms with Gasteiger partial charge in [0.25, 0.3) is 5.91 Å². The molecule has 1 N–H and O–H groups in total. The Morgan fingerprint density at radius 3 is 2.85 bits per heavy atom. The number of aromatic amines is 1. The van der Waals surface area contributed by atoms with Crippen LogP contribution in [0.15, 0.2) is 53.5 Å². The minimum Gasteiger partial charge on any atom is -0.491 e. The number of aromatic nitrogens is 1. The number of benzene rings is 1. The van der Waals surface area contributed by atoms with Crippen LogP contribution in [-0.2, 0) is 4.74 Å². The van der Waals surface area contributed by atoms with Gasteiger partial charge in [-0.25, -0.2) is 0 Å². The Morgan fingerprint density at radius 2 is 2.19 bits per heavy atom. The molecule has 1 amide bonds. The third-order valence-corrected chi connectivity index (χ3v) is 4.50. The molecule has 1 fully saturated rings. The number of carbonyl (C=O) groups is 1. The zero-order valence-corrected chi connectivity index (χ0v) is 15.4. The standard InChI is InChI=1S/C21H24N2O4/c1-26-20-14-22-18(13-19(20)24)21(25)23(15-17-10-6-12-27-17)11-5-9-16-7-3-2-4-8-16/h2-5,7-9,13-14,17H,6,10-12,15H2,1H3,(H,22,24). The van der Waals surface area contributed by atoms with Gasteiger partial charge >= 0.3 is 0 Å². The molecule has 2 heterocycles. The first-order valence-corrected chi connectivity index (χ1v) is 9.06. The zero-order chi connectivity index (χ0) is 19.1. The summed E-state index contributed by atoms with van der Waals surface area (Å²) in [4.78, 5) is 29.5. The van der Waals surface area contributed by atoms with Crippen LogP contribution in [0.5, 0.6) is 5.75 Å². The van der Waals surface area contributed by atoms with Crippen LogP contribution in [0.2, 0.25) is 0 Å². The summed E-state index contributed by atoms with van der Waals surface area (Å²) in [5.74, 6) is -0.0517. The maximum Gasteiger partial charge on any atom is 0.270 e. The molecule has 0 saturated carbocycles. The van der Waals surface area contributed by atoms with Crippen molar-refractivity contribution in [2.45, 2.75) is 18.9 Å². The number of hydrogen-bond acceptors (Lipinski definition) is 4. The number of nitrogens with zero attached hydrogens (tertiary/aromatic N) is 1. The van der Waals surface area contributed by atoms with Gasteiger partial charge in [0.1, 0.15) is 5.69 Å². The van der Waals surface area contributed by atoms with Gasteiger partial charge in [0.05, 0.1) is 13.2 Å². The van der Waals surface area contributed by atoms with E-state index in [0.717, 1.165) is 25.0 Å². The van der Waals surface area contributed by atoms with Crippen LogP contribution in [0.1, 0.15) is 28.9 Å². The molecule has 1 saturated heterocycles. The summed E-state index contributed by atoms with van der Waals surface area (Å²) in [6.07, 6.45) is 7.32. The number of ether oxygens (including phenoxy) is 2. The summed E-state index contributed by atoms with van der Waals surface area (Å²) in [7, 11) is 1.42. The molecule has 1 aliphatic heterocycles. The fraction of sp³-hybridized carbons (Fsp3) is 0.333. The van der Waals surface area contributed by atoms with Gasteiger partial charge < -0.3 is 19.4 Å². The number of carbonyl (C=O) groups excluding carboxylic acids is 1. The molecule has 0 radical (unpaired) electrons. The van der Waals surface area contributed by atoms with Gasteiger partial charge in [-0.15, -0.1) is 0 Å². The first kappa shape index (κ1) is 18.9. The van der Waals surface area contributed by atoms with Crippen LogP contribution in [0, 0.1) is 0 Å². The molecule has 3 rings (SSSR count). The molecule has 0 bridgehead atoms. The van der Waals surface area contributed by atoms with Gasteiger partial charge in [-0.05, 0) is 18.4 Å². The molecule has 27 heavy (non-hydrogen) atoms. The molecule has 0 aliphatic carbocycles. The van der Waals surface area contributed by atoms with Crippen molar-refractivity contribution in [1.82, 2.24) is 9.88 Å². The Balaban J connectivity index is 1.75. The number of H-pyrrole nitrogens is 1. The normalized spacial score (nSPS) is 16.6. The average molecular weight is 368 g/mol. The largest absolute Gasteiger partial charge is 0.491 e. The van der Waals surface area contributed by atoms with Crippen molar-refractivity contribution in [2.75, 3.05) is 26.8 Å². The molecule has 142 valence electrons. The Labute approximate surface area is 158 Å². The third-order valence-electron chi connectivity index (χ3n) is 4.50. The molecule has 6 nitrogen and oxygen atoms in total. The van der Waals surface area contributed by atoms with Gasteiger partial charge in [0, 0.05) is 32.0 Å². The van der Waals surface area contributed by atoms with Gasteiger partial charge in [0.2, 0.25) is 5.43 Å². The van der Waals surface area contributed by atoms with Crippen LogP contribution in [0.4, 0.5) is 0 Å². The summed E-state index contributed by atoms with van der Waals surface area (Å²) in [5, 5.41) is 0. The monoisotopic (exact) mass is 368 g/mol. The van der Waals surface area contributed by atoms with Gasteiger partial charge in [-0.3, -0.25) is 9.59 Å². The van der Waals surface area contributed by atoms with Crippen LogP contribution in [0.25, 0.3) is 6.08 Å². The second-order valence-corrected chi connectivity index (χ2v) is 6.44. The number of nitrogens with one attached hydrogen (secondary N) is 1. The Morgan fingerprint density at radius 1 is 1.37 bits per heavy atom. The Kier molecular flexibility index (Phi) is 6.44. The summed E-state index contributed by atoms with van der Waals surface area (Å²) in [6.45, 7) is 1.65. The topological polar surface area (TPSA) is 71.6 Å². The predicted octanol–water partition coefficient (Wildman–Crippen LogP) is 2.72. The van der Waals surface area contributed by atoms with E-state index in [2.05, 4.69) is 4.98 Å². The summed E-state index contributed by atoms with van der Waals surface area (Å²) < 4.78 is 10.6. The van der Waals surface area contributed by atoms with Crippen molar-refractivity contribution in [3.05, 3.63) is 70.2 Å². The highest BCUT2D eigenvalue weighted by Crippen LogP contribution is 2.15. The molecule has 2 aromatic rings. The lowest BCUT2D eigenvalue weighted by Gasteiger charge is -2.24. The number of hydrogen-bond donors (Lipinski definition) is 1. The molecular formula is C21H24N2O4. The summed E-state index contributed by atoms with van der Waals surface area (Å²) in [6, 6.07) is 11.2. The first-order valence-electron chi connectivity index (χ1n) is 9.06. The Bertz CT molecular complexity index is 839. The fourth-order valence-corrected chi connectivity index (χ4v) is 3.07. The van der Waals surface area contributed by atoms with Crippen molar-refractivity contribution in [3.8, 4) is 5.75 Å². The van der Waals surface area contributed by atoms with E-state index in [9.17, 15) is 9.59 Å². The smallest absolute Gasteiger partial charge is 0.270 e. The molecule has 0 spiro atoms. The highest BCUT2D eigenvalue weighted by molar-refractivity contribution is 5.92. The molecule has 1 aromatic carbocycles. The highest BCUT2D eigenvalue weighted by Gasteiger charge is 2.23. The van der Waals surface area contributed by atoms with Crippen molar-refractivity contribution >= 4 is 12.0 Å². The van der Waals surface area contributed by atoms with E-state index in [0.29, 0.717) is 13.1 Å². The number of pyridine rings is 1. The van der Waals surface area contributed by atoms with Crippen LogP contribution in [-0.4, -0.2) is 48.7 Å². The SMILES string of the molecule is COc1c[nH]c(C(=O)N(CC=Cc2ccccc2)CC2CCCO2)cc1=O. The van der Waals surface area contributed by atoms with Crippen molar-refractivity contribution in [3.63, 3.8) is 0 Å². The summed E-state index contributed by atoms with van der Waals surface area (Å²) in [5.41, 5.74) is 0.989. The van der Waals surface area contributed by atoms with Crippen molar-refractivity contribution in [1.29, 1.82) is 0 Å². The van der Waals surface area contributed by atoms with E-state index < -0.39 is 0 Å². The van der Waals surface area contributed by atoms with Crippen LogP contribution < -0.4 is 10.2 Å². The number of amides is 1. The second-order valence-electron chi connectivity index (χ2n) is 6.44. The van der Waals surface area contributed by atoms with E-state index in [-0.39, 0.29) is 28.9 Å².